The molecule has 4 heteroatoms. The van der Waals surface area contributed by atoms with Crippen LogP contribution < -0.4 is 0 Å². The summed E-state index contributed by atoms with van der Waals surface area (Å²) < 4.78 is 1.81. The molecule has 0 unspecified atom stereocenters. The number of aliphatic hydroxyl groups is 1. The molecule has 0 amide bonds. The first kappa shape index (κ1) is 12.9. The van der Waals surface area contributed by atoms with E-state index < -0.39 is 5.60 Å². The summed E-state index contributed by atoms with van der Waals surface area (Å²) in [7, 11) is 1.90. The van der Waals surface area contributed by atoms with Crippen LogP contribution in [-0.2, 0) is 13.5 Å². The molecule has 0 aliphatic heterocycles. The zero-order valence-corrected chi connectivity index (χ0v) is 11.4. The molecule has 96 valence electrons. The fourth-order valence-corrected chi connectivity index (χ4v) is 2.97. The number of nitrogens with zero attached hydrogens (tertiary/aromatic N) is 2. The van der Waals surface area contributed by atoms with Gasteiger partial charge in [0, 0.05) is 13.5 Å². The number of halogens is 1. The molecule has 0 saturated heterocycles. The molecule has 1 aliphatic rings. The van der Waals surface area contributed by atoms with Gasteiger partial charge in [-0.05, 0) is 19.8 Å². The van der Waals surface area contributed by atoms with Crippen molar-refractivity contribution in [1.29, 1.82) is 0 Å². The van der Waals surface area contributed by atoms with Crippen molar-refractivity contribution in [2.45, 2.75) is 57.5 Å². The summed E-state index contributed by atoms with van der Waals surface area (Å²) in [4.78, 5) is 0. The van der Waals surface area contributed by atoms with Crippen LogP contribution in [0.3, 0.4) is 0 Å². The molecule has 0 aromatic carbocycles. The van der Waals surface area contributed by atoms with Gasteiger partial charge in [0.15, 0.2) is 0 Å². The summed E-state index contributed by atoms with van der Waals surface area (Å²) >= 11 is 6.24. The molecule has 0 radical (unpaired) electrons. The van der Waals surface area contributed by atoms with Crippen LogP contribution in [0.5, 0.6) is 0 Å². The van der Waals surface area contributed by atoms with Crippen molar-refractivity contribution in [2.24, 2.45) is 7.05 Å². The first-order valence-electron chi connectivity index (χ1n) is 6.42. The molecule has 1 heterocycles. The van der Waals surface area contributed by atoms with E-state index in [4.69, 9.17) is 11.6 Å². The maximum atomic E-state index is 10.7. The molecule has 1 N–H and O–H groups in total. The highest BCUT2D eigenvalue weighted by molar-refractivity contribution is 6.31. The molecule has 2 rings (SSSR count). The van der Waals surface area contributed by atoms with E-state index in [1.54, 1.807) is 4.68 Å². The van der Waals surface area contributed by atoms with E-state index in [0.29, 0.717) is 11.4 Å². The molecule has 1 aromatic heterocycles. The summed E-state index contributed by atoms with van der Waals surface area (Å²) in [6.07, 6.45) is 7.10. The van der Waals surface area contributed by atoms with Crippen molar-refractivity contribution in [3.63, 3.8) is 0 Å². The number of aryl methyl sites for hydroxylation is 2. The maximum absolute atomic E-state index is 10.7. The first-order chi connectivity index (χ1) is 8.02. The SMILES string of the molecule is Cc1nn(C)c(CC2(O)CCCCCC2)c1Cl. The fourth-order valence-electron chi connectivity index (χ4n) is 2.75. The topological polar surface area (TPSA) is 38.0 Å². The zero-order chi connectivity index (χ0) is 12.5. The van der Waals surface area contributed by atoms with Gasteiger partial charge in [0.2, 0.25) is 0 Å². The van der Waals surface area contributed by atoms with E-state index in [9.17, 15) is 5.11 Å². The third kappa shape index (κ3) is 2.83. The van der Waals surface area contributed by atoms with Crippen molar-refractivity contribution in [3.05, 3.63) is 16.4 Å². The highest BCUT2D eigenvalue weighted by Gasteiger charge is 2.30. The molecule has 0 atom stereocenters. The van der Waals surface area contributed by atoms with Crippen LogP contribution in [0, 0.1) is 6.92 Å². The summed E-state index contributed by atoms with van der Waals surface area (Å²) in [5, 5.41) is 15.7. The second-order valence-corrected chi connectivity index (χ2v) is 5.66. The molecule has 1 aliphatic carbocycles. The summed E-state index contributed by atoms with van der Waals surface area (Å²) in [5.74, 6) is 0. The Morgan fingerprint density at radius 1 is 1.29 bits per heavy atom. The van der Waals surface area contributed by atoms with Gasteiger partial charge in [-0.25, -0.2) is 0 Å². The highest BCUT2D eigenvalue weighted by atomic mass is 35.5. The van der Waals surface area contributed by atoms with Crippen LogP contribution in [0.2, 0.25) is 5.02 Å². The van der Waals surface area contributed by atoms with Crippen LogP contribution >= 0.6 is 11.6 Å². The Morgan fingerprint density at radius 3 is 2.35 bits per heavy atom. The lowest BCUT2D eigenvalue weighted by Gasteiger charge is -2.26. The summed E-state index contributed by atoms with van der Waals surface area (Å²) in [5.41, 5.74) is 1.23. The smallest absolute Gasteiger partial charge is 0.0848 e. The lowest BCUT2D eigenvalue weighted by Crippen LogP contribution is -2.31. The van der Waals surface area contributed by atoms with Crippen molar-refractivity contribution >= 4 is 11.6 Å². The van der Waals surface area contributed by atoms with Crippen LogP contribution in [0.15, 0.2) is 0 Å². The lowest BCUT2D eigenvalue weighted by molar-refractivity contribution is 0.0235. The molecular formula is C13H21ClN2O. The van der Waals surface area contributed by atoms with Crippen LogP contribution in [0.4, 0.5) is 0 Å². The van der Waals surface area contributed by atoms with Crippen LogP contribution in [0.1, 0.15) is 49.9 Å². The Kier molecular flexibility index (Phi) is 3.79. The maximum Gasteiger partial charge on any atom is 0.0848 e. The highest BCUT2D eigenvalue weighted by Crippen LogP contribution is 2.32. The Balaban J connectivity index is 2.18. The minimum absolute atomic E-state index is 0.583. The second kappa shape index (κ2) is 4.99. The third-order valence-electron chi connectivity index (χ3n) is 3.79. The van der Waals surface area contributed by atoms with E-state index in [1.807, 2.05) is 14.0 Å². The average molecular weight is 257 g/mol. The minimum Gasteiger partial charge on any atom is -0.389 e. The molecule has 1 fully saturated rings. The standard InChI is InChI=1S/C13H21ClN2O/c1-10-12(14)11(16(2)15-10)9-13(17)7-5-3-4-6-8-13/h17H,3-9H2,1-2H3. The van der Waals surface area contributed by atoms with Gasteiger partial charge in [-0.15, -0.1) is 0 Å². The minimum atomic E-state index is -0.583. The van der Waals surface area contributed by atoms with Gasteiger partial charge in [-0.2, -0.15) is 5.10 Å². The quantitative estimate of drug-likeness (QED) is 0.826. The van der Waals surface area contributed by atoms with Gasteiger partial charge in [-0.3, -0.25) is 4.68 Å². The van der Waals surface area contributed by atoms with Gasteiger partial charge in [-0.1, -0.05) is 37.3 Å². The van der Waals surface area contributed by atoms with Crippen LogP contribution in [0.25, 0.3) is 0 Å². The third-order valence-corrected chi connectivity index (χ3v) is 4.28. The molecule has 1 aromatic rings. The van der Waals surface area contributed by atoms with Crippen LogP contribution in [-0.4, -0.2) is 20.5 Å². The monoisotopic (exact) mass is 256 g/mol. The van der Waals surface area contributed by atoms with E-state index >= 15 is 0 Å². The van der Waals surface area contributed by atoms with Gasteiger partial charge in [0.1, 0.15) is 0 Å². The van der Waals surface area contributed by atoms with Gasteiger partial charge < -0.3 is 5.11 Å². The number of aromatic nitrogens is 2. The molecule has 0 bridgehead atoms. The molecule has 1 saturated carbocycles. The largest absolute Gasteiger partial charge is 0.389 e. The van der Waals surface area contributed by atoms with Crippen molar-refractivity contribution in [2.75, 3.05) is 0 Å². The van der Waals surface area contributed by atoms with E-state index in [1.165, 1.54) is 12.8 Å². The number of hydrogen-bond donors (Lipinski definition) is 1. The van der Waals surface area contributed by atoms with E-state index in [-0.39, 0.29) is 0 Å². The normalized spacial score (nSPS) is 20.2. The van der Waals surface area contributed by atoms with Gasteiger partial charge in [0.05, 0.1) is 22.0 Å². The molecule has 0 spiro atoms. The summed E-state index contributed by atoms with van der Waals surface area (Å²) in [6.45, 7) is 1.91. The Bertz CT molecular complexity index is 392. The van der Waals surface area contributed by atoms with Crippen molar-refractivity contribution in [3.8, 4) is 0 Å². The zero-order valence-electron chi connectivity index (χ0n) is 10.7. The van der Waals surface area contributed by atoms with E-state index in [0.717, 1.165) is 37.1 Å². The Labute approximate surface area is 108 Å². The van der Waals surface area contributed by atoms with Gasteiger partial charge in [0.25, 0.3) is 0 Å². The predicted molar refractivity (Wildman–Crippen MR) is 69.3 cm³/mol. The Morgan fingerprint density at radius 2 is 1.88 bits per heavy atom. The van der Waals surface area contributed by atoms with Gasteiger partial charge >= 0.3 is 0 Å². The van der Waals surface area contributed by atoms with Crippen molar-refractivity contribution < 1.29 is 5.11 Å². The molecule has 17 heavy (non-hydrogen) atoms. The number of rotatable bonds is 2. The second-order valence-electron chi connectivity index (χ2n) is 5.29. The summed E-state index contributed by atoms with van der Waals surface area (Å²) in [6, 6.07) is 0. The molecular weight excluding hydrogens is 236 g/mol. The molecule has 3 nitrogen and oxygen atoms in total. The number of hydrogen-bond acceptors (Lipinski definition) is 2. The average Bonchev–Trinajstić information content (AvgIpc) is 2.48. The lowest BCUT2D eigenvalue weighted by atomic mass is 9.89. The van der Waals surface area contributed by atoms with E-state index in [2.05, 4.69) is 5.10 Å². The Hall–Kier alpha value is -0.540. The fraction of sp³-hybridized carbons (Fsp3) is 0.769. The first-order valence-corrected chi connectivity index (χ1v) is 6.80. The predicted octanol–water partition coefficient (Wildman–Crippen LogP) is 3.01. The van der Waals surface area contributed by atoms with Crippen molar-refractivity contribution in [1.82, 2.24) is 9.78 Å².